The van der Waals surface area contributed by atoms with Crippen LogP contribution in [-0.2, 0) is 9.53 Å². The van der Waals surface area contributed by atoms with E-state index >= 15 is 0 Å². The molecular formula is C10H10N2O3. The summed E-state index contributed by atoms with van der Waals surface area (Å²) < 4.78 is 4.71. The maximum atomic E-state index is 11.0. The van der Waals surface area contributed by atoms with Crippen LogP contribution in [-0.4, -0.2) is 23.4 Å². The minimum absolute atomic E-state index is 0.0909. The molecule has 0 saturated carbocycles. The molecule has 0 atom stereocenters. The van der Waals surface area contributed by atoms with Gasteiger partial charge in [-0.05, 0) is 12.1 Å². The number of hydrazone groups is 1. The standard InChI is InChI=1S/C10H10N2O3/c13-9-4-2-1-3-7(9)11-12-8-5-6-15-10(8)14/h1-4,11,13H,5-6H2/b12-8+. The lowest BCUT2D eigenvalue weighted by Crippen LogP contribution is -2.08. The van der Waals surface area contributed by atoms with Crippen molar-refractivity contribution in [3.63, 3.8) is 0 Å². The zero-order valence-corrected chi connectivity index (χ0v) is 7.93. The molecule has 0 aliphatic carbocycles. The third kappa shape index (κ3) is 2.07. The van der Waals surface area contributed by atoms with Crippen LogP contribution in [0.25, 0.3) is 0 Å². The topological polar surface area (TPSA) is 70.9 Å². The van der Waals surface area contributed by atoms with Gasteiger partial charge in [-0.1, -0.05) is 12.1 Å². The first-order valence-corrected chi connectivity index (χ1v) is 4.55. The maximum Gasteiger partial charge on any atom is 0.354 e. The molecule has 15 heavy (non-hydrogen) atoms. The average molecular weight is 206 g/mol. The van der Waals surface area contributed by atoms with E-state index in [2.05, 4.69) is 10.5 Å². The van der Waals surface area contributed by atoms with Gasteiger partial charge in [-0.15, -0.1) is 0 Å². The molecule has 2 N–H and O–H groups in total. The van der Waals surface area contributed by atoms with Crippen LogP contribution in [0, 0.1) is 0 Å². The normalized spacial score (nSPS) is 17.9. The number of hydrogen-bond donors (Lipinski definition) is 2. The molecule has 1 heterocycles. The lowest BCUT2D eigenvalue weighted by atomic mass is 10.3. The zero-order chi connectivity index (χ0) is 10.7. The van der Waals surface area contributed by atoms with Crippen LogP contribution in [0.5, 0.6) is 5.75 Å². The van der Waals surface area contributed by atoms with Crippen molar-refractivity contribution in [3.8, 4) is 5.75 Å². The van der Waals surface area contributed by atoms with Crippen molar-refractivity contribution in [2.45, 2.75) is 6.42 Å². The van der Waals surface area contributed by atoms with Crippen LogP contribution in [0.15, 0.2) is 29.4 Å². The van der Waals surface area contributed by atoms with E-state index in [4.69, 9.17) is 4.74 Å². The number of ether oxygens (including phenoxy) is 1. The third-order valence-corrected chi connectivity index (χ3v) is 2.02. The first kappa shape index (κ1) is 9.51. The number of phenolic OH excluding ortho intramolecular Hbond substituents is 1. The summed E-state index contributed by atoms with van der Waals surface area (Å²) in [5.74, 6) is -0.314. The average Bonchev–Trinajstić information content (AvgIpc) is 2.63. The molecule has 1 aromatic rings. The highest BCUT2D eigenvalue weighted by molar-refractivity contribution is 6.38. The Labute approximate surface area is 86.4 Å². The van der Waals surface area contributed by atoms with Gasteiger partial charge in [0, 0.05) is 6.42 Å². The van der Waals surface area contributed by atoms with Crippen LogP contribution in [0.3, 0.4) is 0 Å². The summed E-state index contributed by atoms with van der Waals surface area (Å²) >= 11 is 0. The lowest BCUT2D eigenvalue weighted by Gasteiger charge is -2.02. The predicted octanol–water partition coefficient (Wildman–Crippen LogP) is 1.11. The molecule has 1 saturated heterocycles. The molecule has 2 rings (SSSR count). The van der Waals surface area contributed by atoms with E-state index in [9.17, 15) is 9.90 Å². The number of benzene rings is 1. The fourth-order valence-electron chi connectivity index (χ4n) is 1.22. The zero-order valence-electron chi connectivity index (χ0n) is 7.93. The van der Waals surface area contributed by atoms with Gasteiger partial charge in [0.05, 0.1) is 12.3 Å². The second kappa shape index (κ2) is 4.00. The number of nitrogens with zero attached hydrogens (tertiary/aromatic N) is 1. The number of aromatic hydroxyl groups is 1. The molecule has 0 aromatic heterocycles. The van der Waals surface area contributed by atoms with Crippen molar-refractivity contribution in [1.82, 2.24) is 0 Å². The van der Waals surface area contributed by atoms with Crippen molar-refractivity contribution < 1.29 is 14.6 Å². The molecule has 1 fully saturated rings. The summed E-state index contributed by atoms with van der Waals surface area (Å²) in [6.45, 7) is 0.375. The largest absolute Gasteiger partial charge is 0.506 e. The number of phenols is 1. The number of para-hydroxylation sites is 2. The van der Waals surface area contributed by atoms with Gasteiger partial charge in [0.2, 0.25) is 0 Å². The number of nitrogens with one attached hydrogen (secondary N) is 1. The number of cyclic esters (lactones) is 1. The Kier molecular flexibility index (Phi) is 2.53. The maximum absolute atomic E-state index is 11.0. The Hall–Kier alpha value is -2.04. The minimum atomic E-state index is -0.405. The number of esters is 1. The van der Waals surface area contributed by atoms with Crippen molar-refractivity contribution in [2.75, 3.05) is 12.0 Å². The van der Waals surface area contributed by atoms with E-state index in [1.54, 1.807) is 18.2 Å². The predicted molar refractivity (Wildman–Crippen MR) is 54.7 cm³/mol. The highest BCUT2D eigenvalue weighted by Crippen LogP contribution is 2.21. The van der Waals surface area contributed by atoms with Gasteiger partial charge in [0.15, 0.2) is 0 Å². The Bertz CT molecular complexity index is 415. The monoisotopic (exact) mass is 206 g/mol. The van der Waals surface area contributed by atoms with E-state index in [-0.39, 0.29) is 5.75 Å². The fraction of sp³-hybridized carbons (Fsp3) is 0.200. The van der Waals surface area contributed by atoms with Crippen molar-refractivity contribution in [2.24, 2.45) is 5.10 Å². The first-order valence-electron chi connectivity index (χ1n) is 4.55. The molecule has 0 radical (unpaired) electrons. The Balaban J connectivity index is 2.10. The van der Waals surface area contributed by atoms with Gasteiger partial charge in [0.25, 0.3) is 0 Å². The number of anilines is 1. The Morgan fingerprint density at radius 2 is 2.20 bits per heavy atom. The Morgan fingerprint density at radius 1 is 1.40 bits per heavy atom. The second-order valence-corrected chi connectivity index (χ2v) is 3.07. The number of hydrogen-bond acceptors (Lipinski definition) is 5. The van der Waals surface area contributed by atoms with Crippen LogP contribution < -0.4 is 5.43 Å². The molecule has 1 aromatic carbocycles. The SMILES string of the molecule is O=C1OCC/C1=N\Nc1ccccc1O. The summed E-state index contributed by atoms with van der Waals surface area (Å²) in [5, 5.41) is 13.3. The van der Waals surface area contributed by atoms with Gasteiger partial charge in [-0.3, -0.25) is 5.43 Å². The molecule has 0 bridgehead atoms. The summed E-state index contributed by atoms with van der Waals surface area (Å²) in [6, 6.07) is 6.67. The molecule has 0 spiro atoms. The molecule has 0 unspecified atom stereocenters. The van der Waals surface area contributed by atoms with Gasteiger partial charge < -0.3 is 9.84 Å². The molecule has 5 heteroatoms. The van der Waals surface area contributed by atoms with E-state index in [1.807, 2.05) is 0 Å². The van der Waals surface area contributed by atoms with Gasteiger partial charge in [-0.25, -0.2) is 4.79 Å². The van der Waals surface area contributed by atoms with Crippen LogP contribution in [0.1, 0.15) is 6.42 Å². The first-order chi connectivity index (χ1) is 7.27. The van der Waals surface area contributed by atoms with Crippen molar-refractivity contribution >= 4 is 17.4 Å². The van der Waals surface area contributed by atoms with Crippen LogP contribution >= 0.6 is 0 Å². The van der Waals surface area contributed by atoms with Crippen molar-refractivity contribution in [3.05, 3.63) is 24.3 Å². The Morgan fingerprint density at radius 3 is 2.87 bits per heavy atom. The minimum Gasteiger partial charge on any atom is -0.506 e. The van der Waals surface area contributed by atoms with E-state index in [0.29, 0.717) is 24.4 Å². The summed E-state index contributed by atoms with van der Waals surface area (Å²) in [4.78, 5) is 11.0. The second-order valence-electron chi connectivity index (χ2n) is 3.07. The molecule has 78 valence electrons. The van der Waals surface area contributed by atoms with Crippen LogP contribution in [0.4, 0.5) is 5.69 Å². The lowest BCUT2D eigenvalue weighted by molar-refractivity contribution is -0.132. The third-order valence-electron chi connectivity index (χ3n) is 2.02. The summed E-state index contributed by atoms with van der Waals surface area (Å²) in [5.41, 5.74) is 3.43. The molecular weight excluding hydrogens is 196 g/mol. The summed E-state index contributed by atoms with van der Waals surface area (Å²) in [6.07, 6.45) is 0.499. The molecule has 5 nitrogen and oxygen atoms in total. The number of carbonyl (C=O) groups is 1. The molecule has 1 aliphatic rings. The quantitative estimate of drug-likeness (QED) is 0.432. The number of carbonyl (C=O) groups excluding carboxylic acids is 1. The molecule has 0 amide bonds. The highest BCUT2D eigenvalue weighted by atomic mass is 16.5. The van der Waals surface area contributed by atoms with E-state index in [0.717, 1.165) is 0 Å². The number of rotatable bonds is 2. The highest BCUT2D eigenvalue weighted by Gasteiger charge is 2.20. The molecule has 1 aliphatic heterocycles. The smallest absolute Gasteiger partial charge is 0.354 e. The summed E-state index contributed by atoms with van der Waals surface area (Å²) in [7, 11) is 0. The fourth-order valence-corrected chi connectivity index (χ4v) is 1.22. The van der Waals surface area contributed by atoms with Crippen LogP contribution in [0.2, 0.25) is 0 Å². The van der Waals surface area contributed by atoms with E-state index in [1.165, 1.54) is 6.07 Å². The van der Waals surface area contributed by atoms with E-state index < -0.39 is 5.97 Å². The van der Waals surface area contributed by atoms with Gasteiger partial charge >= 0.3 is 5.97 Å². The van der Waals surface area contributed by atoms with Crippen molar-refractivity contribution in [1.29, 1.82) is 0 Å². The van der Waals surface area contributed by atoms with Gasteiger partial charge in [0.1, 0.15) is 11.5 Å². The van der Waals surface area contributed by atoms with Gasteiger partial charge in [-0.2, -0.15) is 5.10 Å².